The average Bonchev–Trinajstić information content (AvgIpc) is 2.48. The second-order valence-electron chi connectivity index (χ2n) is 5.15. The Labute approximate surface area is 138 Å². The summed E-state index contributed by atoms with van der Waals surface area (Å²) in [5.74, 6) is 4.07. The fraction of sp³-hybridized carbons (Fsp3) is 0.263. The highest BCUT2D eigenvalue weighted by molar-refractivity contribution is 9.10. The predicted molar refractivity (Wildman–Crippen MR) is 89.7 cm³/mol. The van der Waals surface area contributed by atoms with E-state index in [1.54, 1.807) is 0 Å². The summed E-state index contributed by atoms with van der Waals surface area (Å²) >= 11 is 3.05. The number of benzene rings is 2. The number of halogens is 3. The topological polar surface area (TPSA) is 0 Å². The van der Waals surface area contributed by atoms with Crippen LogP contribution in [-0.4, -0.2) is 0 Å². The second kappa shape index (κ2) is 8.10. The van der Waals surface area contributed by atoms with E-state index < -0.39 is 11.6 Å². The molecule has 0 heterocycles. The maximum absolute atomic E-state index is 13.7. The Balaban J connectivity index is 2.12. The quantitative estimate of drug-likeness (QED) is 0.472. The lowest BCUT2D eigenvalue weighted by atomic mass is 10.1. The molecule has 0 unspecified atom stereocenters. The van der Waals surface area contributed by atoms with Crippen molar-refractivity contribution in [1.82, 2.24) is 0 Å². The first kappa shape index (κ1) is 16.7. The van der Waals surface area contributed by atoms with Crippen molar-refractivity contribution in [2.75, 3.05) is 0 Å². The molecule has 2 aromatic rings. The van der Waals surface area contributed by atoms with Gasteiger partial charge in [-0.05, 0) is 42.7 Å². The lowest BCUT2D eigenvalue weighted by molar-refractivity contribution is 0.576. The van der Waals surface area contributed by atoms with Crippen molar-refractivity contribution in [2.45, 2.75) is 32.6 Å². The minimum atomic E-state index is -0.657. The van der Waals surface area contributed by atoms with Crippen LogP contribution < -0.4 is 0 Å². The molecule has 0 saturated carbocycles. The van der Waals surface area contributed by atoms with E-state index in [4.69, 9.17) is 0 Å². The third kappa shape index (κ3) is 4.68. The molecule has 0 aliphatic carbocycles. The summed E-state index contributed by atoms with van der Waals surface area (Å²) < 4.78 is 27.7. The molecular formula is C19H17BrF2. The summed E-state index contributed by atoms with van der Waals surface area (Å²) in [6.07, 6.45) is 4.66. The fourth-order valence-electron chi connectivity index (χ4n) is 2.13. The van der Waals surface area contributed by atoms with E-state index in [0.29, 0.717) is 4.47 Å². The Morgan fingerprint density at radius 3 is 2.18 bits per heavy atom. The Morgan fingerprint density at radius 2 is 1.59 bits per heavy atom. The largest absolute Gasteiger partial charge is 0.205 e. The molecule has 0 N–H and O–H groups in total. The molecule has 0 fully saturated rings. The lowest BCUT2D eigenvalue weighted by Gasteiger charge is -2.01. The van der Waals surface area contributed by atoms with Gasteiger partial charge in [-0.2, -0.15) is 0 Å². The van der Waals surface area contributed by atoms with Crippen LogP contribution in [-0.2, 0) is 6.42 Å². The van der Waals surface area contributed by atoms with Crippen molar-refractivity contribution in [2.24, 2.45) is 0 Å². The molecule has 0 aliphatic rings. The molecule has 2 aromatic carbocycles. The number of rotatable bonds is 4. The monoisotopic (exact) mass is 362 g/mol. The second-order valence-corrected chi connectivity index (χ2v) is 6.06. The third-order valence-corrected chi connectivity index (χ3v) is 3.82. The molecule has 0 aromatic heterocycles. The first-order chi connectivity index (χ1) is 10.6. The molecule has 0 saturated heterocycles. The van der Waals surface area contributed by atoms with E-state index in [9.17, 15) is 8.78 Å². The molecule has 0 radical (unpaired) electrons. The van der Waals surface area contributed by atoms with Crippen molar-refractivity contribution >= 4 is 15.9 Å². The lowest BCUT2D eigenvalue weighted by Crippen LogP contribution is -1.90. The highest BCUT2D eigenvalue weighted by Crippen LogP contribution is 2.18. The summed E-state index contributed by atoms with van der Waals surface area (Å²) in [7, 11) is 0. The summed E-state index contributed by atoms with van der Waals surface area (Å²) in [5.41, 5.74) is 1.82. The van der Waals surface area contributed by atoms with E-state index >= 15 is 0 Å². The van der Waals surface area contributed by atoms with E-state index in [2.05, 4.69) is 34.7 Å². The molecule has 114 valence electrons. The van der Waals surface area contributed by atoms with Gasteiger partial charge in [0.2, 0.25) is 0 Å². The number of unbranched alkanes of at least 4 members (excludes halogenated alkanes) is 2. The Kier molecular flexibility index (Phi) is 6.15. The standard InChI is InChI=1S/C19H17BrF2/c1-2-3-4-5-14-6-8-15(9-7-14)10-11-17-18(21)12-16(20)13-19(17)22/h6-9,12-13H,2-5H2,1H3. The summed E-state index contributed by atoms with van der Waals surface area (Å²) in [6.45, 7) is 2.18. The summed E-state index contributed by atoms with van der Waals surface area (Å²) in [5, 5.41) is 0. The zero-order valence-corrected chi connectivity index (χ0v) is 14.0. The third-order valence-electron chi connectivity index (χ3n) is 3.36. The van der Waals surface area contributed by atoms with Crippen molar-refractivity contribution in [3.63, 3.8) is 0 Å². The van der Waals surface area contributed by atoms with Crippen LogP contribution in [0.3, 0.4) is 0 Å². The average molecular weight is 363 g/mol. The first-order valence-electron chi connectivity index (χ1n) is 7.35. The van der Waals surface area contributed by atoms with E-state index in [-0.39, 0.29) is 5.56 Å². The van der Waals surface area contributed by atoms with E-state index in [1.807, 2.05) is 24.3 Å². The molecule has 0 aliphatic heterocycles. The smallest absolute Gasteiger partial charge is 0.142 e. The molecule has 0 atom stereocenters. The van der Waals surface area contributed by atoms with Crippen LogP contribution in [0.4, 0.5) is 8.78 Å². The van der Waals surface area contributed by atoms with Gasteiger partial charge in [0, 0.05) is 10.0 Å². The Hall–Kier alpha value is -1.66. The molecular weight excluding hydrogens is 346 g/mol. The van der Waals surface area contributed by atoms with Crippen LogP contribution in [0.2, 0.25) is 0 Å². The van der Waals surface area contributed by atoms with Gasteiger partial charge >= 0.3 is 0 Å². The van der Waals surface area contributed by atoms with E-state index in [0.717, 1.165) is 12.0 Å². The normalized spacial score (nSPS) is 10.2. The molecule has 3 heteroatoms. The molecule has 2 rings (SSSR count). The van der Waals surface area contributed by atoms with Crippen LogP contribution in [0.25, 0.3) is 0 Å². The SMILES string of the molecule is CCCCCc1ccc(C#Cc2c(F)cc(Br)cc2F)cc1. The van der Waals surface area contributed by atoms with Crippen LogP contribution in [0.1, 0.15) is 42.9 Å². The zero-order chi connectivity index (χ0) is 15.9. The van der Waals surface area contributed by atoms with Crippen LogP contribution >= 0.6 is 15.9 Å². The molecule has 22 heavy (non-hydrogen) atoms. The number of hydrogen-bond acceptors (Lipinski definition) is 0. The molecule has 0 bridgehead atoms. The molecule has 0 spiro atoms. The van der Waals surface area contributed by atoms with Crippen molar-refractivity contribution in [1.29, 1.82) is 0 Å². The van der Waals surface area contributed by atoms with Crippen LogP contribution in [0.5, 0.6) is 0 Å². The van der Waals surface area contributed by atoms with E-state index in [1.165, 1.54) is 37.0 Å². The fourth-order valence-corrected chi connectivity index (χ4v) is 2.53. The van der Waals surface area contributed by atoms with Crippen LogP contribution in [0, 0.1) is 23.5 Å². The summed E-state index contributed by atoms with van der Waals surface area (Å²) in [6, 6.07) is 10.3. The number of hydrogen-bond donors (Lipinski definition) is 0. The van der Waals surface area contributed by atoms with Crippen LogP contribution in [0.15, 0.2) is 40.9 Å². The Morgan fingerprint density at radius 1 is 0.955 bits per heavy atom. The van der Waals surface area contributed by atoms with Gasteiger partial charge < -0.3 is 0 Å². The minimum absolute atomic E-state index is 0.199. The highest BCUT2D eigenvalue weighted by Gasteiger charge is 2.07. The zero-order valence-electron chi connectivity index (χ0n) is 12.4. The predicted octanol–water partition coefficient (Wildman–Crippen LogP) is 5.86. The van der Waals surface area contributed by atoms with Crippen molar-refractivity contribution in [3.8, 4) is 11.8 Å². The van der Waals surface area contributed by atoms with Gasteiger partial charge in [0.25, 0.3) is 0 Å². The van der Waals surface area contributed by atoms with Gasteiger partial charge in [-0.1, -0.05) is 59.7 Å². The maximum atomic E-state index is 13.7. The van der Waals surface area contributed by atoms with Gasteiger partial charge in [-0.15, -0.1) is 0 Å². The minimum Gasteiger partial charge on any atom is -0.205 e. The number of aryl methyl sites for hydroxylation is 1. The van der Waals surface area contributed by atoms with Crippen molar-refractivity contribution < 1.29 is 8.78 Å². The first-order valence-corrected chi connectivity index (χ1v) is 8.15. The van der Waals surface area contributed by atoms with Gasteiger partial charge in [-0.3, -0.25) is 0 Å². The summed E-state index contributed by atoms with van der Waals surface area (Å²) in [4.78, 5) is 0. The van der Waals surface area contributed by atoms with Gasteiger partial charge in [0.15, 0.2) is 0 Å². The van der Waals surface area contributed by atoms with Gasteiger partial charge in [0.05, 0.1) is 5.56 Å². The van der Waals surface area contributed by atoms with Gasteiger partial charge in [-0.25, -0.2) is 8.78 Å². The Bertz CT molecular complexity index is 671. The van der Waals surface area contributed by atoms with Crippen molar-refractivity contribution in [3.05, 3.63) is 69.2 Å². The van der Waals surface area contributed by atoms with Gasteiger partial charge in [0.1, 0.15) is 11.6 Å². The molecule has 0 amide bonds. The highest BCUT2D eigenvalue weighted by atomic mass is 79.9. The molecule has 0 nitrogen and oxygen atoms in total. The maximum Gasteiger partial charge on any atom is 0.142 e.